The summed E-state index contributed by atoms with van der Waals surface area (Å²) in [7, 11) is 0. The third-order valence-corrected chi connectivity index (χ3v) is 5.73. The van der Waals surface area contributed by atoms with Crippen LogP contribution in [0.2, 0.25) is 0 Å². The molecule has 0 unspecified atom stereocenters. The zero-order valence-corrected chi connectivity index (χ0v) is 15.6. The average Bonchev–Trinajstić information content (AvgIpc) is 3.13. The van der Waals surface area contributed by atoms with E-state index in [0.717, 1.165) is 48.9 Å². The maximum atomic E-state index is 12.9. The van der Waals surface area contributed by atoms with E-state index in [9.17, 15) is 9.59 Å². The number of piperidine rings is 1. The Kier molecular flexibility index (Phi) is 4.99. The molecule has 2 saturated heterocycles. The standard InChI is InChI=1S/C21H26N4O2/c1-15(24-12-5-8-17(14-24)25-13-11-22-21(25)27)20(26)23-19-10-4-7-16-6-2-3-9-18(16)19/h2-4,6-7,9-10,15,17H,5,8,11-14H2,1H3,(H,22,27)(H,23,26)/t15-,17+/m1/s1. The fraction of sp³-hybridized carbons (Fsp3) is 0.429. The molecule has 0 spiro atoms. The highest BCUT2D eigenvalue weighted by Crippen LogP contribution is 2.24. The Labute approximate surface area is 159 Å². The summed E-state index contributed by atoms with van der Waals surface area (Å²) in [5, 5.41) is 8.13. The molecule has 2 aromatic carbocycles. The normalized spacial score (nSPS) is 21.9. The fourth-order valence-electron chi connectivity index (χ4n) is 4.16. The van der Waals surface area contributed by atoms with Crippen molar-refractivity contribution in [2.24, 2.45) is 0 Å². The van der Waals surface area contributed by atoms with Crippen LogP contribution in [0.1, 0.15) is 19.8 Å². The maximum Gasteiger partial charge on any atom is 0.317 e. The first-order valence-electron chi connectivity index (χ1n) is 9.70. The number of anilines is 1. The van der Waals surface area contributed by atoms with Gasteiger partial charge in [-0.2, -0.15) is 0 Å². The van der Waals surface area contributed by atoms with Crippen molar-refractivity contribution < 1.29 is 9.59 Å². The van der Waals surface area contributed by atoms with Crippen LogP contribution in [0.3, 0.4) is 0 Å². The van der Waals surface area contributed by atoms with Crippen LogP contribution in [0, 0.1) is 0 Å². The number of amides is 3. The van der Waals surface area contributed by atoms with Crippen molar-refractivity contribution in [3.05, 3.63) is 42.5 Å². The number of likely N-dealkylation sites (tertiary alicyclic amines) is 1. The van der Waals surface area contributed by atoms with E-state index in [4.69, 9.17) is 0 Å². The molecule has 0 radical (unpaired) electrons. The summed E-state index contributed by atoms with van der Waals surface area (Å²) < 4.78 is 0. The van der Waals surface area contributed by atoms with E-state index < -0.39 is 0 Å². The van der Waals surface area contributed by atoms with Gasteiger partial charge in [0.05, 0.1) is 6.04 Å². The molecular formula is C21H26N4O2. The number of hydrogen-bond donors (Lipinski definition) is 2. The lowest BCUT2D eigenvalue weighted by Gasteiger charge is -2.39. The lowest BCUT2D eigenvalue weighted by atomic mass is 10.0. The minimum absolute atomic E-state index is 0.00197. The third-order valence-electron chi connectivity index (χ3n) is 5.73. The predicted octanol–water partition coefficient (Wildman–Crippen LogP) is 2.66. The van der Waals surface area contributed by atoms with Gasteiger partial charge in [-0.05, 0) is 37.8 Å². The summed E-state index contributed by atoms with van der Waals surface area (Å²) >= 11 is 0. The molecule has 0 saturated carbocycles. The van der Waals surface area contributed by atoms with Gasteiger partial charge in [-0.25, -0.2) is 4.79 Å². The van der Waals surface area contributed by atoms with E-state index in [-0.39, 0.29) is 24.0 Å². The SMILES string of the molecule is C[C@H](C(=O)Nc1cccc2ccccc12)N1CCC[C@H](N2CCNC2=O)C1. The second-order valence-electron chi connectivity index (χ2n) is 7.41. The number of urea groups is 1. The molecule has 3 amide bonds. The Morgan fingerprint density at radius 1 is 1.19 bits per heavy atom. The first-order valence-corrected chi connectivity index (χ1v) is 9.70. The molecule has 2 atom stereocenters. The molecule has 2 fully saturated rings. The highest BCUT2D eigenvalue weighted by atomic mass is 16.2. The predicted molar refractivity (Wildman–Crippen MR) is 107 cm³/mol. The summed E-state index contributed by atoms with van der Waals surface area (Å²) in [6.07, 6.45) is 2.00. The monoisotopic (exact) mass is 366 g/mol. The molecule has 2 N–H and O–H groups in total. The molecule has 0 aliphatic carbocycles. The molecule has 2 aliphatic heterocycles. The van der Waals surface area contributed by atoms with Gasteiger partial charge in [0.15, 0.2) is 0 Å². The molecule has 2 heterocycles. The van der Waals surface area contributed by atoms with Gasteiger partial charge in [-0.15, -0.1) is 0 Å². The van der Waals surface area contributed by atoms with Gasteiger partial charge in [-0.3, -0.25) is 9.69 Å². The van der Waals surface area contributed by atoms with Gasteiger partial charge in [0, 0.05) is 36.7 Å². The van der Waals surface area contributed by atoms with Crippen molar-refractivity contribution in [1.29, 1.82) is 0 Å². The minimum Gasteiger partial charge on any atom is -0.336 e. The molecule has 2 aromatic rings. The fourth-order valence-corrected chi connectivity index (χ4v) is 4.16. The van der Waals surface area contributed by atoms with Crippen LogP contribution in [0.15, 0.2) is 42.5 Å². The summed E-state index contributed by atoms with van der Waals surface area (Å²) in [4.78, 5) is 29.0. The summed E-state index contributed by atoms with van der Waals surface area (Å²) in [5.41, 5.74) is 0.845. The first-order chi connectivity index (χ1) is 13.1. The Morgan fingerprint density at radius 3 is 2.81 bits per heavy atom. The lowest BCUT2D eigenvalue weighted by Crippen LogP contribution is -2.53. The van der Waals surface area contributed by atoms with Crippen LogP contribution >= 0.6 is 0 Å². The zero-order chi connectivity index (χ0) is 18.8. The number of fused-ring (bicyclic) bond motifs is 1. The largest absolute Gasteiger partial charge is 0.336 e. The van der Waals surface area contributed by atoms with Gasteiger partial charge < -0.3 is 15.5 Å². The summed E-state index contributed by atoms with van der Waals surface area (Å²) in [5.74, 6) is -0.00197. The van der Waals surface area contributed by atoms with Gasteiger partial charge in [0.2, 0.25) is 5.91 Å². The lowest BCUT2D eigenvalue weighted by molar-refractivity contribution is -0.121. The molecule has 0 bridgehead atoms. The van der Waals surface area contributed by atoms with E-state index in [0.29, 0.717) is 6.54 Å². The Bertz CT molecular complexity index is 848. The minimum atomic E-state index is -0.238. The number of nitrogens with zero attached hydrogens (tertiary/aromatic N) is 2. The van der Waals surface area contributed by atoms with Crippen molar-refractivity contribution in [3.8, 4) is 0 Å². The van der Waals surface area contributed by atoms with Crippen molar-refractivity contribution in [2.45, 2.75) is 31.8 Å². The molecule has 27 heavy (non-hydrogen) atoms. The number of rotatable bonds is 4. The number of nitrogens with one attached hydrogen (secondary N) is 2. The van der Waals surface area contributed by atoms with Gasteiger partial charge in [-0.1, -0.05) is 36.4 Å². The highest BCUT2D eigenvalue weighted by molar-refractivity contribution is 6.03. The third kappa shape index (κ3) is 3.62. The van der Waals surface area contributed by atoms with Crippen molar-refractivity contribution in [2.75, 3.05) is 31.5 Å². The molecule has 0 aromatic heterocycles. The summed E-state index contributed by atoms with van der Waals surface area (Å²) in [6.45, 7) is 5.06. The van der Waals surface area contributed by atoms with Crippen LogP contribution in [-0.4, -0.2) is 60.0 Å². The molecule has 6 heteroatoms. The van der Waals surface area contributed by atoms with E-state index >= 15 is 0 Å². The first kappa shape index (κ1) is 17.8. The molecule has 2 aliphatic rings. The highest BCUT2D eigenvalue weighted by Gasteiger charge is 2.34. The van der Waals surface area contributed by atoms with Gasteiger partial charge >= 0.3 is 6.03 Å². The van der Waals surface area contributed by atoms with Crippen molar-refractivity contribution in [3.63, 3.8) is 0 Å². The van der Waals surface area contributed by atoms with Crippen LogP contribution in [0.4, 0.5) is 10.5 Å². The van der Waals surface area contributed by atoms with Gasteiger partial charge in [0.1, 0.15) is 0 Å². The van der Waals surface area contributed by atoms with Crippen LogP contribution in [0.5, 0.6) is 0 Å². The number of hydrogen-bond acceptors (Lipinski definition) is 3. The maximum absolute atomic E-state index is 12.9. The van der Waals surface area contributed by atoms with Crippen LogP contribution in [0.25, 0.3) is 10.8 Å². The second kappa shape index (κ2) is 7.56. The molecule has 6 nitrogen and oxygen atoms in total. The van der Waals surface area contributed by atoms with Crippen molar-refractivity contribution in [1.82, 2.24) is 15.1 Å². The van der Waals surface area contributed by atoms with Crippen LogP contribution < -0.4 is 10.6 Å². The smallest absolute Gasteiger partial charge is 0.317 e. The molecule has 142 valence electrons. The topological polar surface area (TPSA) is 64.7 Å². The average molecular weight is 366 g/mol. The van der Waals surface area contributed by atoms with E-state index in [2.05, 4.69) is 15.5 Å². The Morgan fingerprint density at radius 2 is 2.00 bits per heavy atom. The Balaban J connectivity index is 1.44. The second-order valence-corrected chi connectivity index (χ2v) is 7.41. The van der Waals surface area contributed by atoms with E-state index in [1.807, 2.05) is 54.3 Å². The molecule has 4 rings (SSSR count). The quantitative estimate of drug-likeness (QED) is 0.874. The summed E-state index contributed by atoms with van der Waals surface area (Å²) in [6, 6.07) is 14.0. The molecular weight excluding hydrogens is 340 g/mol. The zero-order valence-electron chi connectivity index (χ0n) is 15.6. The van der Waals surface area contributed by atoms with E-state index in [1.54, 1.807) is 0 Å². The van der Waals surface area contributed by atoms with Crippen molar-refractivity contribution >= 4 is 28.4 Å². The van der Waals surface area contributed by atoms with Crippen LogP contribution in [-0.2, 0) is 4.79 Å². The number of benzene rings is 2. The number of carbonyl (C=O) groups excluding carboxylic acids is 2. The van der Waals surface area contributed by atoms with E-state index in [1.165, 1.54) is 0 Å². The number of carbonyl (C=O) groups is 2. The Hall–Kier alpha value is -2.60. The van der Waals surface area contributed by atoms with Gasteiger partial charge in [0.25, 0.3) is 0 Å².